The minimum absolute atomic E-state index is 0.350. The molecule has 0 N–H and O–H groups in total. The van der Waals surface area contributed by atoms with Gasteiger partial charge in [0.2, 0.25) is 0 Å². The van der Waals surface area contributed by atoms with Crippen molar-refractivity contribution in [3.8, 4) is 0 Å². The van der Waals surface area contributed by atoms with Crippen LogP contribution in [0.1, 0.15) is 37.7 Å². The molecule has 1 atom stereocenters. The molecule has 0 aromatic heterocycles. The van der Waals surface area contributed by atoms with Gasteiger partial charge in [0.25, 0.3) is 0 Å². The van der Waals surface area contributed by atoms with Crippen LogP contribution < -0.4 is 0 Å². The Labute approximate surface area is 95.3 Å². The van der Waals surface area contributed by atoms with E-state index in [1.54, 1.807) is 0 Å². The van der Waals surface area contributed by atoms with Gasteiger partial charge in [-0.2, -0.15) is 0 Å². The second kappa shape index (κ2) is 4.84. The molecule has 1 aromatic rings. The van der Waals surface area contributed by atoms with E-state index in [9.17, 15) is 4.79 Å². The van der Waals surface area contributed by atoms with Crippen molar-refractivity contribution >= 4 is 18.0 Å². The lowest BCUT2D eigenvalue weighted by Gasteiger charge is -2.08. The zero-order valence-corrected chi connectivity index (χ0v) is 9.80. The van der Waals surface area contributed by atoms with E-state index < -0.39 is 0 Å². The number of hydrogen-bond acceptors (Lipinski definition) is 2. The summed E-state index contributed by atoms with van der Waals surface area (Å²) in [6.07, 6.45) is 4.36. The molecule has 1 nitrogen and oxygen atoms in total. The van der Waals surface area contributed by atoms with Crippen molar-refractivity contribution < 1.29 is 4.79 Å². The maximum absolute atomic E-state index is 10.4. The molecule has 2 heteroatoms. The molecule has 0 heterocycles. The third-order valence-corrected chi connectivity index (χ3v) is 4.08. The molecule has 0 bridgehead atoms. The Bertz CT molecular complexity index is 327. The second-order valence-electron chi connectivity index (χ2n) is 4.19. The maximum atomic E-state index is 10.4. The number of rotatable bonds is 5. The monoisotopic (exact) mass is 220 g/mol. The molecule has 80 valence electrons. The van der Waals surface area contributed by atoms with Gasteiger partial charge in [-0.15, -0.1) is 11.8 Å². The molecule has 1 aliphatic rings. The SMILES string of the molecule is CC(CC=O)c1ccc(SC2CC2)cc1. The summed E-state index contributed by atoms with van der Waals surface area (Å²) in [5, 5.41) is 0.864. The lowest BCUT2D eigenvalue weighted by atomic mass is 9.99. The molecule has 1 saturated carbocycles. The number of benzene rings is 1. The number of thioether (sulfide) groups is 1. The van der Waals surface area contributed by atoms with E-state index in [-0.39, 0.29) is 0 Å². The van der Waals surface area contributed by atoms with Gasteiger partial charge in [0.15, 0.2) is 0 Å². The summed E-state index contributed by atoms with van der Waals surface area (Å²) in [4.78, 5) is 11.8. The highest BCUT2D eigenvalue weighted by atomic mass is 32.2. The molecule has 15 heavy (non-hydrogen) atoms. The van der Waals surface area contributed by atoms with Crippen LogP contribution in [0.2, 0.25) is 0 Å². The molecule has 0 radical (unpaired) electrons. The first-order valence-corrected chi connectivity index (χ1v) is 6.38. The Hall–Kier alpha value is -0.760. The summed E-state index contributed by atoms with van der Waals surface area (Å²) < 4.78 is 0. The normalized spacial score (nSPS) is 17.4. The van der Waals surface area contributed by atoms with Gasteiger partial charge >= 0.3 is 0 Å². The Morgan fingerprint density at radius 2 is 2.07 bits per heavy atom. The molecule has 1 unspecified atom stereocenters. The van der Waals surface area contributed by atoms with E-state index in [1.165, 1.54) is 23.3 Å². The fourth-order valence-corrected chi connectivity index (χ4v) is 2.58. The Morgan fingerprint density at radius 1 is 1.40 bits per heavy atom. The van der Waals surface area contributed by atoms with Crippen LogP contribution in [0.25, 0.3) is 0 Å². The second-order valence-corrected chi connectivity index (χ2v) is 5.56. The Kier molecular flexibility index (Phi) is 3.47. The summed E-state index contributed by atoms with van der Waals surface area (Å²) in [5.41, 5.74) is 1.27. The number of hydrogen-bond donors (Lipinski definition) is 0. The van der Waals surface area contributed by atoms with E-state index in [2.05, 4.69) is 31.2 Å². The predicted octanol–water partition coefficient (Wildman–Crippen LogP) is 3.63. The summed E-state index contributed by atoms with van der Waals surface area (Å²) in [6, 6.07) is 8.66. The maximum Gasteiger partial charge on any atom is 0.120 e. The minimum Gasteiger partial charge on any atom is -0.303 e. The summed E-state index contributed by atoms with van der Waals surface area (Å²) in [7, 11) is 0. The topological polar surface area (TPSA) is 17.1 Å². The third-order valence-electron chi connectivity index (χ3n) is 2.73. The molecule has 1 aliphatic carbocycles. The average Bonchev–Trinajstić information content (AvgIpc) is 3.03. The molecule has 1 fully saturated rings. The largest absolute Gasteiger partial charge is 0.303 e. The minimum atomic E-state index is 0.350. The molecule has 0 aliphatic heterocycles. The number of carbonyl (C=O) groups is 1. The first kappa shape index (κ1) is 10.7. The lowest BCUT2D eigenvalue weighted by Crippen LogP contribution is -1.93. The van der Waals surface area contributed by atoms with E-state index in [0.29, 0.717) is 12.3 Å². The standard InChI is InChI=1S/C13H16OS/c1-10(8-9-14)11-2-4-12(5-3-11)15-13-6-7-13/h2-5,9-10,13H,6-8H2,1H3. The molecule has 1 aromatic carbocycles. The zero-order chi connectivity index (χ0) is 10.7. The molecule has 0 amide bonds. The van der Waals surface area contributed by atoms with Crippen molar-refractivity contribution in [2.45, 2.75) is 42.2 Å². The zero-order valence-electron chi connectivity index (χ0n) is 8.98. The van der Waals surface area contributed by atoms with Gasteiger partial charge < -0.3 is 4.79 Å². The summed E-state index contributed by atoms with van der Waals surface area (Å²) in [5.74, 6) is 0.350. The molecule has 0 spiro atoms. The third kappa shape index (κ3) is 3.10. The molecule has 2 rings (SSSR count). The van der Waals surface area contributed by atoms with Crippen LogP contribution in [-0.2, 0) is 4.79 Å². The van der Waals surface area contributed by atoms with Gasteiger partial charge in [-0.05, 0) is 36.5 Å². The van der Waals surface area contributed by atoms with Crippen LogP contribution in [0.3, 0.4) is 0 Å². The first-order chi connectivity index (χ1) is 7.29. The van der Waals surface area contributed by atoms with Gasteiger partial charge in [0.05, 0.1) is 0 Å². The van der Waals surface area contributed by atoms with Crippen LogP contribution in [0.5, 0.6) is 0 Å². The predicted molar refractivity (Wildman–Crippen MR) is 64.4 cm³/mol. The highest BCUT2D eigenvalue weighted by Crippen LogP contribution is 2.39. The van der Waals surface area contributed by atoms with Gasteiger partial charge in [-0.3, -0.25) is 0 Å². The van der Waals surface area contributed by atoms with E-state index in [4.69, 9.17) is 0 Å². The Balaban J connectivity index is 1.98. The van der Waals surface area contributed by atoms with Crippen LogP contribution in [0.15, 0.2) is 29.2 Å². The van der Waals surface area contributed by atoms with Crippen molar-refractivity contribution in [1.29, 1.82) is 0 Å². The van der Waals surface area contributed by atoms with E-state index >= 15 is 0 Å². The quantitative estimate of drug-likeness (QED) is 0.705. The summed E-state index contributed by atoms with van der Waals surface area (Å²) >= 11 is 1.97. The van der Waals surface area contributed by atoms with Crippen LogP contribution in [-0.4, -0.2) is 11.5 Å². The Morgan fingerprint density at radius 3 is 2.60 bits per heavy atom. The van der Waals surface area contributed by atoms with Gasteiger partial charge in [0.1, 0.15) is 6.29 Å². The molecular formula is C13H16OS. The van der Waals surface area contributed by atoms with Gasteiger partial charge in [-0.1, -0.05) is 19.1 Å². The van der Waals surface area contributed by atoms with E-state index in [0.717, 1.165) is 11.5 Å². The molecular weight excluding hydrogens is 204 g/mol. The van der Waals surface area contributed by atoms with Crippen molar-refractivity contribution in [2.75, 3.05) is 0 Å². The highest BCUT2D eigenvalue weighted by molar-refractivity contribution is 8.00. The van der Waals surface area contributed by atoms with E-state index in [1.807, 2.05) is 11.8 Å². The molecule has 0 saturated heterocycles. The van der Waals surface area contributed by atoms with Crippen molar-refractivity contribution in [3.05, 3.63) is 29.8 Å². The number of aldehydes is 1. The first-order valence-electron chi connectivity index (χ1n) is 5.50. The van der Waals surface area contributed by atoms with Crippen LogP contribution >= 0.6 is 11.8 Å². The van der Waals surface area contributed by atoms with Crippen molar-refractivity contribution in [2.24, 2.45) is 0 Å². The van der Waals surface area contributed by atoms with Crippen LogP contribution in [0, 0.1) is 0 Å². The van der Waals surface area contributed by atoms with Crippen LogP contribution in [0.4, 0.5) is 0 Å². The summed E-state index contributed by atoms with van der Waals surface area (Å²) in [6.45, 7) is 2.09. The van der Waals surface area contributed by atoms with Gasteiger partial charge in [0, 0.05) is 16.6 Å². The van der Waals surface area contributed by atoms with Crippen molar-refractivity contribution in [3.63, 3.8) is 0 Å². The number of carbonyl (C=O) groups excluding carboxylic acids is 1. The van der Waals surface area contributed by atoms with Gasteiger partial charge in [-0.25, -0.2) is 0 Å². The fraction of sp³-hybridized carbons (Fsp3) is 0.462. The highest BCUT2D eigenvalue weighted by Gasteiger charge is 2.22. The van der Waals surface area contributed by atoms with Crippen molar-refractivity contribution in [1.82, 2.24) is 0 Å². The lowest BCUT2D eigenvalue weighted by molar-refractivity contribution is -0.108. The fourth-order valence-electron chi connectivity index (χ4n) is 1.53. The smallest absolute Gasteiger partial charge is 0.120 e. The average molecular weight is 220 g/mol.